The molecule has 0 amide bonds. The van der Waals surface area contributed by atoms with Crippen molar-refractivity contribution in [1.29, 1.82) is 0 Å². The van der Waals surface area contributed by atoms with E-state index in [0.29, 0.717) is 12.4 Å². The molecule has 4 rings (SSSR count). The number of para-hydroxylation sites is 1. The summed E-state index contributed by atoms with van der Waals surface area (Å²) >= 11 is 1.52. The smallest absolute Gasteiger partial charge is 0.235 e. The molecule has 0 bridgehead atoms. The van der Waals surface area contributed by atoms with Crippen molar-refractivity contribution in [3.8, 4) is 16.3 Å². The Morgan fingerprint density at radius 1 is 0.909 bits per heavy atom. The molecule has 0 fully saturated rings. The number of ether oxygens (including phenoxy) is 1. The van der Waals surface area contributed by atoms with Crippen LogP contribution in [-0.4, -0.2) is 19.8 Å². The topological polar surface area (TPSA) is 52.3 Å². The minimum absolute atomic E-state index is 0.336. The third kappa shape index (κ3) is 2.44. The zero-order chi connectivity index (χ0) is 14.8. The monoisotopic (exact) mass is 308 g/mol. The predicted molar refractivity (Wildman–Crippen MR) is 84.9 cm³/mol. The van der Waals surface area contributed by atoms with Gasteiger partial charge >= 0.3 is 0 Å². The van der Waals surface area contributed by atoms with Crippen LogP contribution < -0.4 is 4.74 Å². The van der Waals surface area contributed by atoms with E-state index in [0.717, 1.165) is 21.3 Å². The number of hydrogen-bond acceptors (Lipinski definition) is 5. The summed E-state index contributed by atoms with van der Waals surface area (Å²) in [5.41, 5.74) is 1.08. The van der Waals surface area contributed by atoms with Gasteiger partial charge in [-0.15, -0.1) is 10.2 Å². The van der Waals surface area contributed by atoms with Crippen molar-refractivity contribution in [3.05, 3.63) is 66.5 Å². The van der Waals surface area contributed by atoms with Gasteiger partial charge in [-0.2, -0.15) is 9.61 Å². The third-order valence-corrected chi connectivity index (χ3v) is 4.14. The van der Waals surface area contributed by atoms with Crippen molar-refractivity contribution in [2.45, 2.75) is 6.61 Å². The number of nitrogens with zero attached hydrogens (tertiary/aromatic N) is 4. The van der Waals surface area contributed by atoms with Crippen molar-refractivity contribution in [2.24, 2.45) is 0 Å². The van der Waals surface area contributed by atoms with Crippen molar-refractivity contribution in [1.82, 2.24) is 19.8 Å². The van der Waals surface area contributed by atoms with Gasteiger partial charge in [0.2, 0.25) is 4.96 Å². The lowest BCUT2D eigenvalue weighted by Crippen LogP contribution is -2.02. The Labute approximate surface area is 130 Å². The molecule has 0 atom stereocenters. The van der Waals surface area contributed by atoms with E-state index in [1.807, 2.05) is 60.7 Å². The molecule has 0 aliphatic rings. The molecule has 5 nitrogen and oxygen atoms in total. The van der Waals surface area contributed by atoms with E-state index in [9.17, 15) is 0 Å². The quantitative estimate of drug-likeness (QED) is 0.579. The molecule has 0 aliphatic carbocycles. The van der Waals surface area contributed by atoms with Crippen LogP contribution >= 0.6 is 11.3 Å². The van der Waals surface area contributed by atoms with Crippen LogP contribution in [-0.2, 0) is 6.61 Å². The van der Waals surface area contributed by atoms with Gasteiger partial charge in [0.05, 0.1) is 0 Å². The normalized spacial score (nSPS) is 10.9. The molecule has 4 aromatic rings. The van der Waals surface area contributed by atoms with Gasteiger partial charge in [-0.3, -0.25) is 0 Å². The maximum Gasteiger partial charge on any atom is 0.235 e. The lowest BCUT2D eigenvalue weighted by molar-refractivity contribution is 0.293. The highest BCUT2D eigenvalue weighted by molar-refractivity contribution is 7.19. The first-order chi connectivity index (χ1) is 10.9. The van der Waals surface area contributed by atoms with E-state index in [-0.39, 0.29) is 0 Å². The Morgan fingerprint density at radius 2 is 1.64 bits per heavy atom. The lowest BCUT2D eigenvalue weighted by Gasteiger charge is -2.02. The first-order valence-corrected chi connectivity index (χ1v) is 7.66. The average Bonchev–Trinajstić information content (AvgIpc) is 3.16. The van der Waals surface area contributed by atoms with Gasteiger partial charge in [0, 0.05) is 5.56 Å². The molecule has 2 aromatic carbocycles. The van der Waals surface area contributed by atoms with Gasteiger partial charge in [-0.05, 0) is 12.1 Å². The summed E-state index contributed by atoms with van der Waals surface area (Å²) in [5, 5.41) is 13.8. The summed E-state index contributed by atoms with van der Waals surface area (Å²) in [4.78, 5) is 0.769. The molecule has 6 heteroatoms. The first-order valence-electron chi connectivity index (χ1n) is 6.84. The Hall–Kier alpha value is -2.73. The molecule has 2 heterocycles. The molecule has 0 spiro atoms. The Morgan fingerprint density at radius 3 is 2.41 bits per heavy atom. The van der Waals surface area contributed by atoms with Crippen molar-refractivity contribution >= 4 is 16.3 Å². The van der Waals surface area contributed by atoms with E-state index in [1.54, 1.807) is 4.52 Å². The molecular weight excluding hydrogens is 296 g/mol. The zero-order valence-corrected chi connectivity index (χ0v) is 12.4. The molecule has 0 unspecified atom stereocenters. The molecule has 0 saturated carbocycles. The summed E-state index contributed by atoms with van der Waals surface area (Å²) in [5.74, 6) is 1.50. The van der Waals surface area contributed by atoms with E-state index < -0.39 is 0 Å². The Kier molecular flexibility index (Phi) is 3.29. The largest absolute Gasteiger partial charge is 0.486 e. The number of fused-ring (bicyclic) bond motifs is 1. The first kappa shape index (κ1) is 13.0. The van der Waals surface area contributed by atoms with Crippen LogP contribution in [0.2, 0.25) is 0 Å². The molecule has 22 heavy (non-hydrogen) atoms. The summed E-state index contributed by atoms with van der Waals surface area (Å²) < 4.78 is 7.46. The van der Waals surface area contributed by atoms with Crippen LogP contribution in [0.3, 0.4) is 0 Å². The van der Waals surface area contributed by atoms with E-state index in [2.05, 4.69) is 15.3 Å². The van der Waals surface area contributed by atoms with Crippen LogP contribution in [0.5, 0.6) is 5.75 Å². The Bertz CT molecular complexity index is 886. The SMILES string of the molecule is c1ccc(OCc2nnc3sc(-c4ccccc4)nn23)cc1. The molecule has 108 valence electrons. The van der Waals surface area contributed by atoms with E-state index in [1.165, 1.54) is 11.3 Å². The van der Waals surface area contributed by atoms with Crippen molar-refractivity contribution in [3.63, 3.8) is 0 Å². The highest BCUT2D eigenvalue weighted by Gasteiger charge is 2.13. The van der Waals surface area contributed by atoms with Gasteiger partial charge in [0.25, 0.3) is 0 Å². The molecular formula is C16H12N4OS. The maximum atomic E-state index is 5.71. The number of rotatable bonds is 4. The minimum atomic E-state index is 0.336. The van der Waals surface area contributed by atoms with Crippen LogP contribution in [0.25, 0.3) is 15.5 Å². The van der Waals surface area contributed by atoms with E-state index >= 15 is 0 Å². The van der Waals surface area contributed by atoms with Gasteiger partial charge in [0.1, 0.15) is 17.4 Å². The molecule has 0 aliphatic heterocycles. The second kappa shape index (κ2) is 5.57. The third-order valence-electron chi connectivity index (χ3n) is 3.19. The van der Waals surface area contributed by atoms with Crippen LogP contribution in [0.4, 0.5) is 0 Å². The number of hydrogen-bond donors (Lipinski definition) is 0. The fourth-order valence-corrected chi connectivity index (χ4v) is 2.97. The molecule has 0 saturated heterocycles. The Balaban J connectivity index is 1.61. The highest BCUT2D eigenvalue weighted by Crippen LogP contribution is 2.25. The van der Waals surface area contributed by atoms with Gasteiger partial charge in [0.15, 0.2) is 5.82 Å². The number of benzene rings is 2. The van der Waals surface area contributed by atoms with Gasteiger partial charge in [-0.25, -0.2) is 0 Å². The maximum absolute atomic E-state index is 5.71. The van der Waals surface area contributed by atoms with E-state index in [4.69, 9.17) is 4.74 Å². The molecule has 0 N–H and O–H groups in total. The summed E-state index contributed by atoms with van der Waals surface area (Å²) in [6.45, 7) is 0.336. The second-order valence-electron chi connectivity index (χ2n) is 4.69. The summed E-state index contributed by atoms with van der Waals surface area (Å²) in [7, 11) is 0. The van der Waals surface area contributed by atoms with Gasteiger partial charge < -0.3 is 4.74 Å². The standard InChI is InChI=1S/C16H12N4OS/c1-3-7-12(8-4-1)15-19-20-14(17-18-16(20)22-15)11-21-13-9-5-2-6-10-13/h1-10H,11H2. The average molecular weight is 308 g/mol. The summed E-state index contributed by atoms with van der Waals surface area (Å²) in [6.07, 6.45) is 0. The molecule has 2 aromatic heterocycles. The predicted octanol–water partition coefficient (Wildman–Crippen LogP) is 3.43. The van der Waals surface area contributed by atoms with Crippen LogP contribution in [0.1, 0.15) is 5.82 Å². The number of aromatic nitrogens is 4. The van der Waals surface area contributed by atoms with Crippen LogP contribution in [0.15, 0.2) is 60.7 Å². The fourth-order valence-electron chi connectivity index (χ4n) is 2.11. The van der Waals surface area contributed by atoms with Crippen molar-refractivity contribution < 1.29 is 4.74 Å². The summed E-state index contributed by atoms with van der Waals surface area (Å²) in [6, 6.07) is 19.7. The lowest BCUT2D eigenvalue weighted by atomic mass is 10.2. The van der Waals surface area contributed by atoms with Crippen LogP contribution in [0, 0.1) is 0 Å². The van der Waals surface area contributed by atoms with Crippen molar-refractivity contribution in [2.75, 3.05) is 0 Å². The zero-order valence-electron chi connectivity index (χ0n) is 11.6. The fraction of sp³-hybridized carbons (Fsp3) is 0.0625. The highest BCUT2D eigenvalue weighted by atomic mass is 32.1. The molecule has 0 radical (unpaired) electrons. The minimum Gasteiger partial charge on any atom is -0.486 e. The van der Waals surface area contributed by atoms with Gasteiger partial charge in [-0.1, -0.05) is 59.9 Å². The second-order valence-corrected chi connectivity index (χ2v) is 5.64.